The summed E-state index contributed by atoms with van der Waals surface area (Å²) in [7, 11) is 2.93. The van der Waals surface area contributed by atoms with Crippen molar-refractivity contribution in [3.8, 4) is 17.2 Å². The predicted molar refractivity (Wildman–Crippen MR) is 176 cm³/mol. The molecule has 46 heavy (non-hydrogen) atoms. The molecule has 0 fully saturated rings. The van der Waals surface area contributed by atoms with E-state index in [4.69, 9.17) is 18.9 Å². The topological polar surface area (TPSA) is 131 Å². The lowest BCUT2D eigenvalue weighted by atomic mass is 9.95. The number of aromatic nitrogens is 1. The van der Waals surface area contributed by atoms with E-state index in [1.54, 1.807) is 39.0 Å². The molecule has 0 N–H and O–H groups in total. The third kappa shape index (κ3) is 6.60. The zero-order valence-corrected chi connectivity index (χ0v) is 28.0. The highest BCUT2D eigenvalue weighted by Crippen LogP contribution is 2.38. The molecule has 0 amide bonds. The Morgan fingerprint density at radius 3 is 2.46 bits per heavy atom. The van der Waals surface area contributed by atoms with E-state index in [0.29, 0.717) is 26.3 Å². The van der Waals surface area contributed by atoms with Crippen LogP contribution in [0.5, 0.6) is 17.2 Å². The number of hydrogen-bond acceptors (Lipinski definition) is 10. The van der Waals surface area contributed by atoms with Gasteiger partial charge >= 0.3 is 5.97 Å². The summed E-state index contributed by atoms with van der Waals surface area (Å²) in [4.78, 5) is 44.2. The van der Waals surface area contributed by atoms with Crippen molar-refractivity contribution in [2.24, 2.45) is 4.99 Å². The second kappa shape index (κ2) is 13.7. The van der Waals surface area contributed by atoms with Crippen LogP contribution in [0.3, 0.4) is 0 Å². The number of nitro benzene ring substituents is 1. The molecule has 5 rings (SSSR count). The molecule has 238 valence electrons. The number of thiazole rings is 1. The van der Waals surface area contributed by atoms with E-state index < -0.39 is 28.6 Å². The number of ether oxygens (including phenoxy) is 4. The first-order valence-electron chi connectivity index (χ1n) is 14.1. The highest BCUT2D eigenvalue weighted by molar-refractivity contribution is 9.10. The van der Waals surface area contributed by atoms with E-state index in [-0.39, 0.29) is 39.5 Å². The van der Waals surface area contributed by atoms with Gasteiger partial charge in [-0.1, -0.05) is 57.6 Å². The molecule has 0 saturated carbocycles. The lowest BCUT2D eigenvalue weighted by Crippen LogP contribution is -2.40. The molecular formula is C33H30BrN3O8S. The number of methoxy groups -OCH3 is 2. The molecule has 0 spiro atoms. The molecule has 1 atom stereocenters. The maximum absolute atomic E-state index is 14.2. The zero-order valence-electron chi connectivity index (χ0n) is 25.6. The number of rotatable bonds is 10. The third-order valence-corrected chi connectivity index (χ3v) is 8.58. The van der Waals surface area contributed by atoms with Gasteiger partial charge in [-0.3, -0.25) is 19.5 Å². The van der Waals surface area contributed by atoms with Gasteiger partial charge in [0, 0.05) is 10.0 Å². The Morgan fingerprint density at radius 2 is 1.80 bits per heavy atom. The average Bonchev–Trinajstić information content (AvgIpc) is 3.32. The van der Waals surface area contributed by atoms with E-state index >= 15 is 0 Å². The number of halogens is 1. The van der Waals surface area contributed by atoms with Gasteiger partial charge in [0.25, 0.3) is 11.2 Å². The van der Waals surface area contributed by atoms with E-state index in [1.807, 2.05) is 30.3 Å². The van der Waals surface area contributed by atoms with Gasteiger partial charge in [-0.2, -0.15) is 0 Å². The first-order valence-corrected chi connectivity index (χ1v) is 15.7. The summed E-state index contributed by atoms with van der Waals surface area (Å²) >= 11 is 4.53. The van der Waals surface area contributed by atoms with Crippen molar-refractivity contribution in [2.75, 3.05) is 14.2 Å². The molecular weight excluding hydrogens is 678 g/mol. The largest absolute Gasteiger partial charge is 0.496 e. The van der Waals surface area contributed by atoms with Crippen molar-refractivity contribution in [1.82, 2.24) is 4.57 Å². The smallest absolute Gasteiger partial charge is 0.338 e. The van der Waals surface area contributed by atoms with Crippen LogP contribution in [0, 0.1) is 10.1 Å². The standard InChI is InChI=1S/C33H30BrN3O8S/c1-18(2)45-32(39)29-19(3)35-33-36(30(29)23-15-22(34)11-12-25(23)42-4)31(38)28(46-33)14-21-13-26(43-5)27(16-24(21)37(40)41)44-17-20-9-7-6-8-10-20/h6-16,18,30H,17H2,1-5H3/b28-14-/t30-/m0/s1. The van der Waals surface area contributed by atoms with Crippen LogP contribution in [0.4, 0.5) is 5.69 Å². The number of benzene rings is 3. The van der Waals surface area contributed by atoms with Crippen molar-refractivity contribution in [1.29, 1.82) is 0 Å². The van der Waals surface area contributed by atoms with Gasteiger partial charge in [0.1, 0.15) is 18.4 Å². The van der Waals surface area contributed by atoms with Crippen molar-refractivity contribution in [3.05, 3.63) is 123 Å². The van der Waals surface area contributed by atoms with E-state index in [0.717, 1.165) is 16.9 Å². The summed E-state index contributed by atoms with van der Waals surface area (Å²) in [5.41, 5.74) is 1.30. The van der Waals surface area contributed by atoms with Crippen molar-refractivity contribution >= 4 is 45.0 Å². The second-order valence-electron chi connectivity index (χ2n) is 10.5. The van der Waals surface area contributed by atoms with Gasteiger partial charge in [-0.15, -0.1) is 0 Å². The first kappa shape index (κ1) is 32.6. The Labute approximate surface area is 276 Å². The van der Waals surface area contributed by atoms with Crippen molar-refractivity contribution in [3.63, 3.8) is 0 Å². The maximum atomic E-state index is 14.2. The fraction of sp³-hybridized carbons (Fsp3) is 0.242. The monoisotopic (exact) mass is 707 g/mol. The highest BCUT2D eigenvalue weighted by Gasteiger charge is 2.35. The molecule has 4 aromatic rings. The summed E-state index contributed by atoms with van der Waals surface area (Å²) in [6.07, 6.45) is 1.00. The highest BCUT2D eigenvalue weighted by atomic mass is 79.9. The first-order chi connectivity index (χ1) is 22.0. The molecule has 2 heterocycles. The van der Waals surface area contributed by atoms with Crippen LogP contribution in [0.25, 0.3) is 6.08 Å². The molecule has 0 unspecified atom stereocenters. The Hall–Kier alpha value is -4.75. The van der Waals surface area contributed by atoms with Crippen LogP contribution in [-0.4, -0.2) is 35.8 Å². The minimum atomic E-state index is -0.949. The molecule has 0 saturated heterocycles. The number of nitro groups is 1. The number of carbonyl (C=O) groups is 1. The summed E-state index contributed by atoms with van der Waals surface area (Å²) in [6.45, 7) is 5.31. The predicted octanol–water partition coefficient (Wildman–Crippen LogP) is 5.45. The number of carbonyl (C=O) groups excluding carboxylic acids is 1. The van der Waals surface area contributed by atoms with E-state index in [2.05, 4.69) is 20.9 Å². The minimum Gasteiger partial charge on any atom is -0.496 e. The summed E-state index contributed by atoms with van der Waals surface area (Å²) in [5.74, 6) is 0.261. The van der Waals surface area contributed by atoms with Crippen molar-refractivity contribution < 1.29 is 28.7 Å². The minimum absolute atomic E-state index is 0.130. The van der Waals surface area contributed by atoms with Crippen molar-refractivity contribution in [2.45, 2.75) is 39.5 Å². The fourth-order valence-electron chi connectivity index (χ4n) is 5.06. The molecule has 13 heteroatoms. The number of fused-ring (bicyclic) bond motifs is 1. The van der Waals surface area contributed by atoms with Gasteiger partial charge in [-0.05, 0) is 56.7 Å². The number of esters is 1. The molecule has 1 aliphatic rings. The Kier molecular flexibility index (Phi) is 9.73. The van der Waals surface area contributed by atoms with Crippen LogP contribution >= 0.6 is 27.3 Å². The van der Waals surface area contributed by atoms with Crippen LogP contribution in [-0.2, 0) is 16.1 Å². The Morgan fingerprint density at radius 1 is 1.09 bits per heavy atom. The van der Waals surface area contributed by atoms with Crippen LogP contribution < -0.4 is 29.1 Å². The van der Waals surface area contributed by atoms with Crippen LogP contribution in [0.1, 0.15) is 43.5 Å². The Bertz CT molecular complexity index is 2040. The molecule has 0 radical (unpaired) electrons. The number of hydrogen-bond donors (Lipinski definition) is 0. The molecule has 1 aliphatic heterocycles. The molecule has 11 nitrogen and oxygen atoms in total. The third-order valence-electron chi connectivity index (χ3n) is 7.10. The van der Waals surface area contributed by atoms with E-state index in [1.165, 1.54) is 37.0 Å². The fourth-order valence-corrected chi connectivity index (χ4v) is 6.48. The quantitative estimate of drug-likeness (QED) is 0.121. The second-order valence-corrected chi connectivity index (χ2v) is 12.4. The van der Waals surface area contributed by atoms with E-state index in [9.17, 15) is 19.7 Å². The normalized spacial score (nSPS) is 14.5. The zero-order chi connectivity index (χ0) is 33.1. The number of allylic oxidation sites excluding steroid dienone is 1. The van der Waals surface area contributed by atoms with Gasteiger partial charge < -0.3 is 18.9 Å². The van der Waals surface area contributed by atoms with Crippen LogP contribution in [0.15, 0.2) is 86.2 Å². The van der Waals surface area contributed by atoms with Gasteiger partial charge in [0.15, 0.2) is 16.3 Å². The lowest BCUT2D eigenvalue weighted by Gasteiger charge is -2.26. The summed E-state index contributed by atoms with van der Waals surface area (Å²) in [6, 6.07) is 16.4. The maximum Gasteiger partial charge on any atom is 0.338 e. The summed E-state index contributed by atoms with van der Waals surface area (Å²) < 4.78 is 24.9. The summed E-state index contributed by atoms with van der Waals surface area (Å²) in [5, 5.41) is 12.2. The SMILES string of the molecule is COc1cc(/C=c2\sc3n(c2=O)[C@@H](c2cc(Br)ccc2OC)C(C(=O)OC(C)C)=C(C)N=3)c([N+](=O)[O-])cc1OCc1ccccc1. The van der Waals surface area contributed by atoms with Crippen LogP contribution in [0.2, 0.25) is 0 Å². The number of nitrogens with zero attached hydrogens (tertiary/aromatic N) is 3. The molecule has 1 aromatic heterocycles. The molecule has 0 bridgehead atoms. The molecule has 3 aromatic carbocycles. The van der Waals surface area contributed by atoms with Gasteiger partial charge in [-0.25, -0.2) is 9.79 Å². The average molecular weight is 709 g/mol. The van der Waals surface area contributed by atoms with Gasteiger partial charge in [0.05, 0.1) is 52.7 Å². The van der Waals surface area contributed by atoms with Gasteiger partial charge in [0.2, 0.25) is 0 Å². The Balaban J connectivity index is 1.68. The molecule has 0 aliphatic carbocycles. The lowest BCUT2D eigenvalue weighted by molar-refractivity contribution is -0.385.